The number of nitrogens with zero attached hydrogens (tertiary/aromatic N) is 1. The first-order chi connectivity index (χ1) is 8.16. The van der Waals surface area contributed by atoms with Crippen molar-refractivity contribution < 1.29 is 0 Å². The summed E-state index contributed by atoms with van der Waals surface area (Å²) in [5, 5.41) is 1.13. The second kappa shape index (κ2) is 5.35. The Hall–Kier alpha value is -1.31. The van der Waals surface area contributed by atoms with E-state index in [4.69, 9.17) is 23.2 Å². The minimum atomic E-state index is 0.561. The Morgan fingerprint density at radius 3 is 2.53 bits per heavy atom. The number of aryl methyl sites for hydroxylation is 1. The molecule has 0 N–H and O–H groups in total. The van der Waals surface area contributed by atoms with Gasteiger partial charge in [0.05, 0.1) is 15.7 Å². The topological polar surface area (TPSA) is 12.9 Å². The molecule has 1 aromatic carbocycles. The van der Waals surface area contributed by atoms with E-state index in [0.717, 1.165) is 17.0 Å². The lowest BCUT2D eigenvalue weighted by molar-refractivity contribution is 1.18. The smallest absolute Gasteiger partial charge is 0.0664 e. The van der Waals surface area contributed by atoms with Gasteiger partial charge in [-0.15, -0.1) is 0 Å². The lowest BCUT2D eigenvalue weighted by Gasteiger charge is -2.00. The summed E-state index contributed by atoms with van der Waals surface area (Å²) in [6.45, 7) is 1.96. The highest BCUT2D eigenvalue weighted by atomic mass is 35.5. The van der Waals surface area contributed by atoms with Crippen LogP contribution in [-0.2, 0) is 0 Å². The molecule has 1 nitrogen and oxygen atoms in total. The molecular weight excluding hydrogens is 253 g/mol. The van der Waals surface area contributed by atoms with Crippen molar-refractivity contribution in [3.63, 3.8) is 0 Å². The molecule has 0 bridgehead atoms. The molecule has 0 saturated carbocycles. The molecule has 1 heterocycles. The number of hydrogen-bond donors (Lipinski definition) is 0. The van der Waals surface area contributed by atoms with Crippen LogP contribution in [0.25, 0.3) is 12.2 Å². The van der Waals surface area contributed by atoms with Crippen LogP contribution in [0.15, 0.2) is 36.4 Å². The summed E-state index contributed by atoms with van der Waals surface area (Å²) >= 11 is 12.0. The average Bonchev–Trinajstić information content (AvgIpc) is 2.31. The Labute approximate surface area is 111 Å². The molecule has 17 heavy (non-hydrogen) atoms. The number of aromatic nitrogens is 1. The van der Waals surface area contributed by atoms with Crippen LogP contribution in [-0.4, -0.2) is 4.98 Å². The highest BCUT2D eigenvalue weighted by Gasteiger charge is 2.00. The Balaban J connectivity index is 2.29. The van der Waals surface area contributed by atoms with Crippen molar-refractivity contribution in [2.75, 3.05) is 0 Å². The van der Waals surface area contributed by atoms with Crippen molar-refractivity contribution in [3.8, 4) is 0 Å². The molecule has 0 aliphatic carbocycles. The molecule has 2 rings (SSSR count). The third-order valence-corrected chi connectivity index (χ3v) is 3.16. The van der Waals surface area contributed by atoms with Gasteiger partial charge in [0.15, 0.2) is 0 Å². The Kier molecular flexibility index (Phi) is 3.82. The van der Waals surface area contributed by atoms with Crippen LogP contribution in [0, 0.1) is 6.92 Å². The molecule has 3 heteroatoms. The van der Waals surface area contributed by atoms with Gasteiger partial charge in [-0.3, -0.25) is 4.98 Å². The van der Waals surface area contributed by atoms with Gasteiger partial charge in [0.25, 0.3) is 0 Å². The first-order valence-electron chi connectivity index (χ1n) is 5.22. The molecular formula is C14H11Cl2N. The molecule has 86 valence electrons. The van der Waals surface area contributed by atoms with Gasteiger partial charge < -0.3 is 0 Å². The summed E-state index contributed by atoms with van der Waals surface area (Å²) in [6.07, 6.45) is 3.83. The second-order valence-electron chi connectivity index (χ2n) is 3.68. The van der Waals surface area contributed by atoms with Gasteiger partial charge >= 0.3 is 0 Å². The first-order valence-corrected chi connectivity index (χ1v) is 5.98. The largest absolute Gasteiger partial charge is 0.254 e. The molecule has 0 atom stereocenters. The third kappa shape index (κ3) is 3.09. The van der Waals surface area contributed by atoms with Gasteiger partial charge in [-0.05, 0) is 36.8 Å². The van der Waals surface area contributed by atoms with E-state index in [0.29, 0.717) is 10.0 Å². The fourth-order valence-electron chi connectivity index (χ4n) is 1.48. The van der Waals surface area contributed by atoms with Crippen LogP contribution in [0.5, 0.6) is 0 Å². The zero-order valence-corrected chi connectivity index (χ0v) is 10.8. The highest BCUT2D eigenvalue weighted by molar-refractivity contribution is 6.42. The van der Waals surface area contributed by atoms with Crippen molar-refractivity contribution >= 4 is 35.4 Å². The molecule has 0 fully saturated rings. The maximum atomic E-state index is 6.09. The van der Waals surface area contributed by atoms with Gasteiger partial charge in [0.2, 0.25) is 0 Å². The molecule has 0 aliphatic heterocycles. The van der Waals surface area contributed by atoms with Crippen molar-refractivity contribution in [1.29, 1.82) is 0 Å². The SMILES string of the molecule is Cc1cccc(C=Cc2cccc(Cl)c2Cl)n1. The van der Waals surface area contributed by atoms with Crippen LogP contribution in [0.1, 0.15) is 17.0 Å². The summed E-state index contributed by atoms with van der Waals surface area (Å²) < 4.78 is 0. The van der Waals surface area contributed by atoms with Crippen molar-refractivity contribution in [2.45, 2.75) is 6.92 Å². The van der Waals surface area contributed by atoms with E-state index >= 15 is 0 Å². The van der Waals surface area contributed by atoms with Gasteiger partial charge in [-0.1, -0.05) is 47.5 Å². The predicted molar refractivity (Wildman–Crippen MR) is 74.4 cm³/mol. The summed E-state index contributed by atoms with van der Waals surface area (Å²) in [7, 11) is 0. The van der Waals surface area contributed by atoms with Gasteiger partial charge in [0.1, 0.15) is 0 Å². The van der Waals surface area contributed by atoms with Crippen molar-refractivity contribution in [2.24, 2.45) is 0 Å². The van der Waals surface area contributed by atoms with Crippen molar-refractivity contribution in [3.05, 3.63) is 63.4 Å². The van der Waals surface area contributed by atoms with E-state index in [-0.39, 0.29) is 0 Å². The Morgan fingerprint density at radius 2 is 1.76 bits per heavy atom. The summed E-state index contributed by atoms with van der Waals surface area (Å²) in [4.78, 5) is 4.38. The van der Waals surface area contributed by atoms with Crippen LogP contribution in [0.2, 0.25) is 10.0 Å². The Morgan fingerprint density at radius 1 is 1.00 bits per heavy atom. The number of hydrogen-bond acceptors (Lipinski definition) is 1. The van der Waals surface area contributed by atoms with Gasteiger partial charge in [0, 0.05) is 5.69 Å². The molecule has 0 radical (unpaired) electrons. The molecule has 0 unspecified atom stereocenters. The van der Waals surface area contributed by atoms with E-state index in [1.807, 2.05) is 49.4 Å². The maximum Gasteiger partial charge on any atom is 0.0664 e. The normalized spacial score (nSPS) is 11.0. The fraction of sp³-hybridized carbons (Fsp3) is 0.0714. The van der Waals surface area contributed by atoms with E-state index < -0.39 is 0 Å². The van der Waals surface area contributed by atoms with E-state index in [2.05, 4.69) is 4.98 Å². The van der Waals surface area contributed by atoms with Crippen LogP contribution in [0.4, 0.5) is 0 Å². The molecule has 1 aromatic heterocycles. The number of halogens is 2. The van der Waals surface area contributed by atoms with Crippen molar-refractivity contribution in [1.82, 2.24) is 4.98 Å². The molecule has 0 amide bonds. The van der Waals surface area contributed by atoms with Gasteiger partial charge in [-0.25, -0.2) is 0 Å². The molecule has 2 aromatic rings. The molecule has 0 aliphatic rings. The number of pyridine rings is 1. The lowest BCUT2D eigenvalue weighted by Crippen LogP contribution is -1.83. The third-order valence-electron chi connectivity index (χ3n) is 2.32. The zero-order chi connectivity index (χ0) is 12.3. The summed E-state index contributed by atoms with van der Waals surface area (Å²) in [6, 6.07) is 11.4. The van der Waals surface area contributed by atoms with Crippen LogP contribution in [0.3, 0.4) is 0 Å². The zero-order valence-electron chi connectivity index (χ0n) is 9.32. The predicted octanol–water partition coefficient (Wildman–Crippen LogP) is 4.87. The summed E-state index contributed by atoms with van der Waals surface area (Å²) in [5.74, 6) is 0. The van der Waals surface area contributed by atoms with Crippen LogP contribution >= 0.6 is 23.2 Å². The Bertz CT molecular complexity index is 562. The van der Waals surface area contributed by atoms with E-state index in [1.165, 1.54) is 0 Å². The monoisotopic (exact) mass is 263 g/mol. The molecule has 0 spiro atoms. The number of rotatable bonds is 2. The molecule has 0 saturated heterocycles. The lowest BCUT2D eigenvalue weighted by atomic mass is 10.2. The minimum Gasteiger partial charge on any atom is -0.254 e. The van der Waals surface area contributed by atoms with E-state index in [1.54, 1.807) is 6.07 Å². The average molecular weight is 264 g/mol. The first kappa shape index (κ1) is 12.2. The van der Waals surface area contributed by atoms with Crippen LogP contribution < -0.4 is 0 Å². The quantitative estimate of drug-likeness (QED) is 0.754. The maximum absolute atomic E-state index is 6.09. The second-order valence-corrected chi connectivity index (χ2v) is 4.47. The standard InChI is InChI=1S/C14H11Cl2N/c1-10-4-2-6-12(17-10)9-8-11-5-3-7-13(15)14(11)16/h2-9H,1H3. The fourth-order valence-corrected chi connectivity index (χ4v) is 1.85. The van der Waals surface area contributed by atoms with E-state index in [9.17, 15) is 0 Å². The van der Waals surface area contributed by atoms with Gasteiger partial charge in [-0.2, -0.15) is 0 Å². The number of benzene rings is 1. The summed E-state index contributed by atoms with van der Waals surface area (Å²) in [5.41, 5.74) is 2.79. The minimum absolute atomic E-state index is 0.561. The highest BCUT2D eigenvalue weighted by Crippen LogP contribution is 2.26.